The van der Waals surface area contributed by atoms with Crippen LogP contribution in [-0.4, -0.2) is 29.4 Å². The highest BCUT2D eigenvalue weighted by Crippen LogP contribution is 2.24. The van der Waals surface area contributed by atoms with Crippen molar-refractivity contribution < 1.29 is 4.79 Å². The number of likely N-dealkylation sites (tertiary alicyclic amines) is 1. The van der Waals surface area contributed by atoms with Gasteiger partial charge in [-0.3, -0.25) is 4.79 Å². The molecule has 0 bridgehead atoms. The Bertz CT molecular complexity index is 203. The van der Waals surface area contributed by atoms with E-state index in [1.807, 2.05) is 11.8 Å². The lowest BCUT2D eigenvalue weighted by Gasteiger charge is -2.29. The Morgan fingerprint density at radius 1 is 1.57 bits per heavy atom. The van der Waals surface area contributed by atoms with Crippen LogP contribution in [0.5, 0.6) is 0 Å². The van der Waals surface area contributed by atoms with E-state index in [0.29, 0.717) is 12.0 Å². The molecule has 1 rings (SSSR count). The van der Waals surface area contributed by atoms with Gasteiger partial charge in [0.2, 0.25) is 5.91 Å². The summed E-state index contributed by atoms with van der Waals surface area (Å²) in [4.78, 5) is 13.9. The number of carbonyl (C=O) groups is 1. The maximum atomic E-state index is 11.9. The van der Waals surface area contributed by atoms with Crippen molar-refractivity contribution in [3.05, 3.63) is 0 Å². The summed E-state index contributed by atoms with van der Waals surface area (Å²) in [6.45, 7) is 7.21. The molecular formula is C11H22N2O. The fourth-order valence-electron chi connectivity index (χ4n) is 2.15. The number of nitrogens with zero attached hydrogens (tertiary/aromatic N) is 1. The monoisotopic (exact) mass is 198 g/mol. The van der Waals surface area contributed by atoms with Crippen LogP contribution in [0.1, 0.15) is 40.0 Å². The quantitative estimate of drug-likeness (QED) is 0.744. The Labute approximate surface area is 86.6 Å². The molecular weight excluding hydrogens is 176 g/mol. The molecule has 0 radical (unpaired) electrons. The van der Waals surface area contributed by atoms with E-state index in [4.69, 9.17) is 5.73 Å². The van der Waals surface area contributed by atoms with Crippen LogP contribution >= 0.6 is 0 Å². The number of rotatable bonds is 3. The van der Waals surface area contributed by atoms with Crippen LogP contribution in [0.4, 0.5) is 0 Å². The van der Waals surface area contributed by atoms with Gasteiger partial charge < -0.3 is 10.6 Å². The first-order valence-electron chi connectivity index (χ1n) is 5.64. The lowest BCUT2D eigenvalue weighted by atomic mass is 10.0. The fourth-order valence-corrected chi connectivity index (χ4v) is 2.15. The molecule has 1 fully saturated rings. The molecule has 14 heavy (non-hydrogen) atoms. The number of hydrogen-bond acceptors (Lipinski definition) is 2. The van der Waals surface area contributed by atoms with Gasteiger partial charge >= 0.3 is 0 Å². The summed E-state index contributed by atoms with van der Waals surface area (Å²) in [7, 11) is 0. The van der Waals surface area contributed by atoms with Gasteiger partial charge in [0.25, 0.3) is 0 Å². The van der Waals surface area contributed by atoms with Crippen LogP contribution in [0.2, 0.25) is 0 Å². The van der Waals surface area contributed by atoms with Crippen LogP contribution in [0.3, 0.4) is 0 Å². The van der Waals surface area contributed by atoms with Crippen LogP contribution in [0.15, 0.2) is 0 Å². The zero-order chi connectivity index (χ0) is 10.7. The van der Waals surface area contributed by atoms with Crippen molar-refractivity contribution in [3.8, 4) is 0 Å². The molecule has 0 aromatic heterocycles. The highest BCUT2D eigenvalue weighted by molar-refractivity contribution is 5.82. The second kappa shape index (κ2) is 4.78. The molecule has 0 aromatic rings. The number of hydrogen-bond donors (Lipinski definition) is 1. The van der Waals surface area contributed by atoms with E-state index in [0.717, 1.165) is 25.8 Å². The van der Waals surface area contributed by atoms with E-state index >= 15 is 0 Å². The largest absolute Gasteiger partial charge is 0.338 e. The van der Waals surface area contributed by atoms with Crippen LogP contribution in [0.25, 0.3) is 0 Å². The fraction of sp³-hybridized carbons (Fsp3) is 0.909. The van der Waals surface area contributed by atoms with Crippen molar-refractivity contribution in [2.75, 3.05) is 6.54 Å². The average molecular weight is 198 g/mol. The molecule has 1 aliphatic rings. The van der Waals surface area contributed by atoms with Crippen LogP contribution in [-0.2, 0) is 4.79 Å². The van der Waals surface area contributed by atoms with Crippen molar-refractivity contribution >= 4 is 5.91 Å². The van der Waals surface area contributed by atoms with Gasteiger partial charge in [-0.25, -0.2) is 0 Å². The zero-order valence-electron chi connectivity index (χ0n) is 9.49. The van der Waals surface area contributed by atoms with E-state index in [9.17, 15) is 4.79 Å². The predicted molar refractivity (Wildman–Crippen MR) is 57.8 cm³/mol. The summed E-state index contributed by atoms with van der Waals surface area (Å²) in [5.41, 5.74) is 5.77. The molecule has 1 aliphatic heterocycles. The predicted octanol–water partition coefficient (Wildman–Crippen LogP) is 1.37. The van der Waals surface area contributed by atoms with Gasteiger partial charge in [-0.05, 0) is 25.2 Å². The molecule has 0 aliphatic carbocycles. The topological polar surface area (TPSA) is 46.3 Å². The molecule has 0 aromatic carbocycles. The SMILES string of the molecule is CC[C@@H](N)C(=O)N1CCCC1C(C)C. The molecule has 0 spiro atoms. The Morgan fingerprint density at radius 2 is 2.21 bits per heavy atom. The van der Waals surface area contributed by atoms with Gasteiger partial charge in [-0.15, -0.1) is 0 Å². The summed E-state index contributed by atoms with van der Waals surface area (Å²) < 4.78 is 0. The Hall–Kier alpha value is -0.570. The van der Waals surface area contributed by atoms with Crippen LogP contribution < -0.4 is 5.73 Å². The first-order valence-corrected chi connectivity index (χ1v) is 5.64. The first kappa shape index (κ1) is 11.5. The Balaban J connectivity index is 2.62. The molecule has 82 valence electrons. The third-order valence-electron chi connectivity index (χ3n) is 3.11. The maximum absolute atomic E-state index is 11.9. The van der Waals surface area contributed by atoms with Gasteiger partial charge in [0.05, 0.1) is 6.04 Å². The molecule has 2 atom stereocenters. The van der Waals surface area contributed by atoms with Crippen molar-refractivity contribution in [2.45, 2.75) is 52.1 Å². The first-order chi connectivity index (χ1) is 6.57. The third-order valence-corrected chi connectivity index (χ3v) is 3.11. The van der Waals surface area contributed by atoms with Gasteiger partial charge in [-0.2, -0.15) is 0 Å². The van der Waals surface area contributed by atoms with Crippen molar-refractivity contribution in [1.29, 1.82) is 0 Å². The number of carbonyl (C=O) groups excluding carboxylic acids is 1. The van der Waals surface area contributed by atoms with Gasteiger partial charge in [-0.1, -0.05) is 20.8 Å². The van der Waals surface area contributed by atoms with E-state index in [-0.39, 0.29) is 11.9 Å². The normalized spacial score (nSPS) is 24.4. The molecule has 1 heterocycles. The summed E-state index contributed by atoms with van der Waals surface area (Å²) in [6.07, 6.45) is 3.00. The summed E-state index contributed by atoms with van der Waals surface area (Å²) in [5, 5.41) is 0. The summed E-state index contributed by atoms with van der Waals surface area (Å²) in [5.74, 6) is 0.689. The minimum atomic E-state index is -0.297. The molecule has 1 unspecified atom stereocenters. The minimum Gasteiger partial charge on any atom is -0.338 e. The molecule has 3 nitrogen and oxygen atoms in total. The molecule has 1 amide bonds. The van der Waals surface area contributed by atoms with E-state index in [1.165, 1.54) is 0 Å². The smallest absolute Gasteiger partial charge is 0.239 e. The van der Waals surface area contributed by atoms with Gasteiger partial charge in [0.1, 0.15) is 0 Å². The number of nitrogens with two attached hydrogens (primary N) is 1. The average Bonchev–Trinajstić information content (AvgIpc) is 2.63. The zero-order valence-corrected chi connectivity index (χ0v) is 9.49. The minimum absolute atomic E-state index is 0.142. The molecule has 2 N–H and O–H groups in total. The highest BCUT2D eigenvalue weighted by atomic mass is 16.2. The maximum Gasteiger partial charge on any atom is 0.239 e. The molecule has 1 saturated heterocycles. The third kappa shape index (κ3) is 2.27. The number of amides is 1. The van der Waals surface area contributed by atoms with Crippen molar-refractivity contribution in [2.24, 2.45) is 11.7 Å². The van der Waals surface area contributed by atoms with E-state index in [2.05, 4.69) is 13.8 Å². The summed E-state index contributed by atoms with van der Waals surface area (Å²) >= 11 is 0. The van der Waals surface area contributed by atoms with E-state index < -0.39 is 0 Å². The van der Waals surface area contributed by atoms with Crippen molar-refractivity contribution in [1.82, 2.24) is 4.90 Å². The standard InChI is InChI=1S/C11H22N2O/c1-4-9(12)11(14)13-7-5-6-10(13)8(2)3/h8-10H,4-7,12H2,1-3H3/t9-,10?/m1/s1. The van der Waals surface area contributed by atoms with Gasteiger partial charge in [0, 0.05) is 12.6 Å². The second-order valence-corrected chi connectivity index (χ2v) is 4.50. The van der Waals surface area contributed by atoms with Crippen LogP contribution in [0, 0.1) is 5.92 Å². The highest BCUT2D eigenvalue weighted by Gasteiger charge is 2.32. The van der Waals surface area contributed by atoms with Crippen molar-refractivity contribution in [3.63, 3.8) is 0 Å². The van der Waals surface area contributed by atoms with Gasteiger partial charge in [0.15, 0.2) is 0 Å². The van der Waals surface area contributed by atoms with E-state index in [1.54, 1.807) is 0 Å². The summed E-state index contributed by atoms with van der Waals surface area (Å²) in [6, 6.07) is 0.120. The Morgan fingerprint density at radius 3 is 2.71 bits per heavy atom. The molecule has 0 saturated carbocycles. The second-order valence-electron chi connectivity index (χ2n) is 4.50. The lowest BCUT2D eigenvalue weighted by Crippen LogP contribution is -2.47. The lowest BCUT2D eigenvalue weighted by molar-refractivity contribution is -0.134. The molecule has 3 heteroatoms. The Kier molecular flexibility index (Phi) is 3.93.